The highest BCUT2D eigenvalue weighted by Gasteiger charge is 2.52. The molecular weight excluding hydrogens is 351 g/mol. The van der Waals surface area contributed by atoms with Crippen LogP contribution in [0.1, 0.15) is 39.7 Å². The first kappa shape index (κ1) is 19.6. The van der Waals surface area contributed by atoms with E-state index < -0.39 is 5.60 Å². The molecule has 0 aliphatic carbocycles. The van der Waals surface area contributed by atoms with Crippen molar-refractivity contribution in [2.24, 2.45) is 0 Å². The average Bonchev–Trinajstić information content (AvgIpc) is 3.13. The Hall–Kier alpha value is -2.15. The molecule has 2 aliphatic heterocycles. The van der Waals surface area contributed by atoms with Crippen LogP contribution in [0.15, 0.2) is 24.3 Å². The Kier molecular flexibility index (Phi) is 5.42. The van der Waals surface area contributed by atoms with E-state index in [9.17, 15) is 14.0 Å². The number of ether oxygens (including phenoxy) is 2. The van der Waals surface area contributed by atoms with Gasteiger partial charge in [-0.2, -0.15) is 0 Å². The van der Waals surface area contributed by atoms with Gasteiger partial charge < -0.3 is 19.3 Å². The number of carbonyl (C=O) groups is 2. The number of benzene rings is 1. The molecule has 27 heavy (non-hydrogen) atoms. The van der Waals surface area contributed by atoms with Gasteiger partial charge in [0.25, 0.3) is 0 Å². The second kappa shape index (κ2) is 7.46. The maximum atomic E-state index is 13.1. The molecule has 0 radical (unpaired) electrons. The average molecular weight is 378 g/mol. The van der Waals surface area contributed by atoms with E-state index in [4.69, 9.17) is 9.47 Å². The molecule has 2 amide bonds. The topological polar surface area (TPSA) is 59.1 Å². The number of fused-ring (bicyclic) bond motifs is 1. The summed E-state index contributed by atoms with van der Waals surface area (Å²) in [4.78, 5) is 28.2. The van der Waals surface area contributed by atoms with Crippen LogP contribution >= 0.6 is 0 Å². The Balaban J connectivity index is 1.74. The first-order chi connectivity index (χ1) is 12.7. The number of carbonyl (C=O) groups excluding carboxylic acids is 2. The van der Waals surface area contributed by atoms with Crippen molar-refractivity contribution >= 4 is 12.0 Å². The molecule has 6 nitrogen and oxygen atoms in total. The van der Waals surface area contributed by atoms with Crippen molar-refractivity contribution < 1.29 is 23.5 Å². The molecule has 7 heteroatoms. The smallest absolute Gasteiger partial charge is 0.410 e. The molecule has 3 atom stereocenters. The highest BCUT2D eigenvalue weighted by molar-refractivity contribution is 5.75. The maximum Gasteiger partial charge on any atom is 0.410 e. The van der Waals surface area contributed by atoms with Crippen LogP contribution in [0.4, 0.5) is 9.18 Å². The zero-order chi connectivity index (χ0) is 19.8. The van der Waals surface area contributed by atoms with E-state index in [1.165, 1.54) is 19.1 Å². The third-order valence-corrected chi connectivity index (χ3v) is 4.99. The van der Waals surface area contributed by atoms with Crippen LogP contribution in [0, 0.1) is 5.82 Å². The Labute approximate surface area is 159 Å². The summed E-state index contributed by atoms with van der Waals surface area (Å²) in [5.41, 5.74) is 0.259. The molecule has 0 spiro atoms. The minimum Gasteiger partial charge on any atom is -0.444 e. The predicted octanol–water partition coefficient (Wildman–Crippen LogP) is 2.95. The Morgan fingerprint density at radius 2 is 1.85 bits per heavy atom. The summed E-state index contributed by atoms with van der Waals surface area (Å²) in [6, 6.07) is 5.83. The third kappa shape index (κ3) is 4.40. The van der Waals surface area contributed by atoms with E-state index in [-0.39, 0.29) is 36.0 Å². The lowest BCUT2D eigenvalue weighted by Crippen LogP contribution is -2.45. The van der Waals surface area contributed by atoms with E-state index in [1.54, 1.807) is 21.9 Å². The quantitative estimate of drug-likeness (QED) is 0.811. The predicted molar refractivity (Wildman–Crippen MR) is 97.5 cm³/mol. The Bertz CT molecular complexity index is 701. The van der Waals surface area contributed by atoms with E-state index in [0.717, 1.165) is 5.56 Å². The Morgan fingerprint density at radius 3 is 2.44 bits per heavy atom. The van der Waals surface area contributed by atoms with E-state index in [1.807, 2.05) is 20.8 Å². The molecule has 0 saturated carbocycles. The number of halogens is 1. The molecular formula is C20H27FN2O4. The molecule has 2 aliphatic rings. The highest BCUT2D eigenvalue weighted by Crippen LogP contribution is 2.35. The first-order valence-corrected chi connectivity index (χ1v) is 9.28. The number of hydrogen-bond acceptors (Lipinski definition) is 4. The minimum absolute atomic E-state index is 0.0241. The van der Waals surface area contributed by atoms with Crippen molar-refractivity contribution in [3.63, 3.8) is 0 Å². The molecule has 3 rings (SSSR count). The number of hydrogen-bond donors (Lipinski definition) is 0. The van der Waals surface area contributed by atoms with Crippen molar-refractivity contribution in [2.75, 3.05) is 13.1 Å². The fraction of sp³-hybridized carbons (Fsp3) is 0.600. The maximum absolute atomic E-state index is 13.1. The lowest BCUT2D eigenvalue weighted by molar-refractivity contribution is -0.132. The SMILES string of the molecule is CC(=O)N1CC[C@@H]2[C@H]1[C@@H](OCc1ccc(F)cc1)CN2C(=O)OC(C)(C)C. The van der Waals surface area contributed by atoms with Crippen LogP contribution in [0.5, 0.6) is 0 Å². The van der Waals surface area contributed by atoms with Gasteiger partial charge in [0.1, 0.15) is 11.4 Å². The lowest BCUT2D eigenvalue weighted by Gasteiger charge is -2.28. The largest absolute Gasteiger partial charge is 0.444 e. The van der Waals surface area contributed by atoms with Gasteiger partial charge in [-0.05, 0) is 44.9 Å². The molecule has 148 valence electrons. The summed E-state index contributed by atoms with van der Waals surface area (Å²) in [7, 11) is 0. The second-order valence-corrected chi connectivity index (χ2v) is 8.17. The van der Waals surface area contributed by atoms with Crippen molar-refractivity contribution in [1.82, 2.24) is 9.80 Å². The summed E-state index contributed by atoms with van der Waals surface area (Å²) in [6.45, 7) is 8.29. The normalized spacial score (nSPS) is 24.9. The number of amides is 2. The molecule has 1 aromatic rings. The van der Waals surface area contributed by atoms with Gasteiger partial charge in [0, 0.05) is 13.5 Å². The molecule has 0 bridgehead atoms. The van der Waals surface area contributed by atoms with Crippen LogP contribution < -0.4 is 0 Å². The van der Waals surface area contributed by atoms with Crippen LogP contribution in [-0.4, -0.2) is 58.7 Å². The fourth-order valence-corrected chi connectivity index (χ4v) is 3.86. The van der Waals surface area contributed by atoms with Crippen molar-refractivity contribution in [1.29, 1.82) is 0 Å². The molecule has 2 saturated heterocycles. The van der Waals surface area contributed by atoms with Crippen LogP contribution in [0.3, 0.4) is 0 Å². The Morgan fingerprint density at radius 1 is 1.19 bits per heavy atom. The minimum atomic E-state index is -0.585. The first-order valence-electron chi connectivity index (χ1n) is 9.28. The van der Waals surface area contributed by atoms with Crippen LogP contribution in [-0.2, 0) is 20.9 Å². The van der Waals surface area contributed by atoms with Gasteiger partial charge in [-0.3, -0.25) is 4.79 Å². The van der Waals surface area contributed by atoms with Crippen molar-refractivity contribution in [3.05, 3.63) is 35.6 Å². The van der Waals surface area contributed by atoms with Gasteiger partial charge in [-0.1, -0.05) is 12.1 Å². The van der Waals surface area contributed by atoms with E-state index >= 15 is 0 Å². The third-order valence-electron chi connectivity index (χ3n) is 4.99. The second-order valence-electron chi connectivity index (χ2n) is 8.17. The summed E-state index contributed by atoms with van der Waals surface area (Å²) in [5, 5.41) is 0. The zero-order valence-corrected chi connectivity index (χ0v) is 16.3. The number of likely N-dealkylation sites (tertiary alicyclic amines) is 2. The summed E-state index contributed by atoms with van der Waals surface area (Å²) in [6.07, 6.45) is 0.0228. The standard InChI is InChI=1S/C20H27FN2O4/c1-13(24)22-10-9-16-18(22)17(11-23(16)19(25)27-20(2,3)4)26-12-14-5-7-15(21)8-6-14/h5-8,16-18H,9-12H2,1-4H3/t16-,17+,18+/m1/s1. The molecule has 1 aromatic carbocycles. The van der Waals surface area contributed by atoms with Gasteiger partial charge in [0.15, 0.2) is 0 Å². The van der Waals surface area contributed by atoms with Gasteiger partial charge in [-0.25, -0.2) is 9.18 Å². The number of rotatable bonds is 3. The van der Waals surface area contributed by atoms with Crippen LogP contribution in [0.2, 0.25) is 0 Å². The van der Waals surface area contributed by atoms with Gasteiger partial charge in [-0.15, -0.1) is 0 Å². The van der Waals surface area contributed by atoms with Crippen LogP contribution in [0.25, 0.3) is 0 Å². The molecule has 0 unspecified atom stereocenters. The fourth-order valence-electron chi connectivity index (χ4n) is 3.86. The number of nitrogens with zero attached hydrogens (tertiary/aromatic N) is 2. The van der Waals surface area contributed by atoms with E-state index in [0.29, 0.717) is 26.1 Å². The summed E-state index contributed by atoms with van der Waals surface area (Å²) < 4.78 is 24.7. The van der Waals surface area contributed by atoms with E-state index in [2.05, 4.69) is 0 Å². The summed E-state index contributed by atoms with van der Waals surface area (Å²) >= 11 is 0. The van der Waals surface area contributed by atoms with Gasteiger partial charge in [0.05, 0.1) is 31.3 Å². The monoisotopic (exact) mass is 378 g/mol. The molecule has 2 fully saturated rings. The molecule has 0 N–H and O–H groups in total. The van der Waals surface area contributed by atoms with Gasteiger partial charge in [0.2, 0.25) is 5.91 Å². The summed E-state index contributed by atoms with van der Waals surface area (Å²) in [5.74, 6) is -0.321. The van der Waals surface area contributed by atoms with Gasteiger partial charge >= 0.3 is 6.09 Å². The molecule has 0 aromatic heterocycles. The van der Waals surface area contributed by atoms with Crippen molar-refractivity contribution in [3.8, 4) is 0 Å². The highest BCUT2D eigenvalue weighted by atomic mass is 19.1. The lowest BCUT2D eigenvalue weighted by atomic mass is 10.1. The van der Waals surface area contributed by atoms with Crippen molar-refractivity contribution in [2.45, 2.75) is 64.5 Å². The zero-order valence-electron chi connectivity index (χ0n) is 16.3. The molecule has 2 heterocycles.